The maximum absolute atomic E-state index is 12.4. The van der Waals surface area contributed by atoms with Crippen LogP contribution in [0.2, 0.25) is 0 Å². The smallest absolute Gasteiger partial charge is 0.228 e. The molecule has 1 amide bonds. The largest absolute Gasteiger partial charge is 0.497 e. The fourth-order valence-corrected chi connectivity index (χ4v) is 2.72. The molecule has 0 aliphatic heterocycles. The number of aliphatic hydroxyl groups is 1. The van der Waals surface area contributed by atoms with E-state index in [0.717, 1.165) is 16.9 Å². The van der Waals surface area contributed by atoms with Crippen LogP contribution in [0.3, 0.4) is 0 Å². The summed E-state index contributed by atoms with van der Waals surface area (Å²) in [5.74, 6) is 1.20. The summed E-state index contributed by atoms with van der Waals surface area (Å²) < 4.78 is 10.4. The lowest BCUT2D eigenvalue weighted by Crippen LogP contribution is -2.32. The first-order valence-electron chi connectivity index (χ1n) is 8.64. The second-order valence-electron chi connectivity index (χ2n) is 6.29. The van der Waals surface area contributed by atoms with Gasteiger partial charge in [-0.3, -0.25) is 4.79 Å². The second-order valence-corrected chi connectivity index (χ2v) is 6.29. The van der Waals surface area contributed by atoms with Gasteiger partial charge < -0.3 is 19.3 Å². The molecule has 140 valence electrons. The highest BCUT2D eigenvalue weighted by Crippen LogP contribution is 2.21. The highest BCUT2D eigenvalue weighted by Gasteiger charge is 2.17. The number of hydrogen-bond acceptors (Lipinski definition) is 5. The lowest BCUT2D eigenvalue weighted by atomic mass is 10.1. The fraction of sp³-hybridized carbons (Fsp3) is 0.238. The standard InChI is InChI=1S/C21H22N2O4/c1-23(14-19(24)15-8-10-18(26-2)11-9-15)21(25)13-17-12-20(27-22-17)16-6-4-3-5-7-16/h3-12,19,24H,13-14H2,1-2H3. The number of rotatable bonds is 7. The maximum atomic E-state index is 12.4. The summed E-state index contributed by atoms with van der Waals surface area (Å²) in [7, 11) is 3.25. The number of hydrogen-bond donors (Lipinski definition) is 1. The molecule has 3 aromatic rings. The first-order valence-corrected chi connectivity index (χ1v) is 8.64. The van der Waals surface area contributed by atoms with Gasteiger partial charge in [-0.15, -0.1) is 0 Å². The van der Waals surface area contributed by atoms with E-state index in [1.807, 2.05) is 30.3 Å². The SMILES string of the molecule is COc1ccc(C(O)CN(C)C(=O)Cc2cc(-c3ccccc3)on2)cc1. The van der Waals surface area contributed by atoms with Gasteiger partial charge in [-0.05, 0) is 17.7 Å². The van der Waals surface area contributed by atoms with Crippen molar-refractivity contribution in [3.05, 3.63) is 71.9 Å². The van der Waals surface area contributed by atoms with Crippen molar-refractivity contribution in [1.29, 1.82) is 0 Å². The number of nitrogens with zero attached hydrogens (tertiary/aromatic N) is 2. The first kappa shape index (κ1) is 18.7. The van der Waals surface area contributed by atoms with E-state index < -0.39 is 6.10 Å². The van der Waals surface area contributed by atoms with Gasteiger partial charge in [0.15, 0.2) is 5.76 Å². The molecular weight excluding hydrogens is 344 g/mol. The number of benzene rings is 2. The molecule has 6 heteroatoms. The molecule has 0 bridgehead atoms. The minimum Gasteiger partial charge on any atom is -0.497 e. The predicted octanol–water partition coefficient (Wildman–Crippen LogP) is 3.08. The predicted molar refractivity (Wildman–Crippen MR) is 101 cm³/mol. The minimum atomic E-state index is -0.776. The van der Waals surface area contributed by atoms with Crippen molar-refractivity contribution < 1.29 is 19.2 Å². The number of methoxy groups -OCH3 is 1. The Balaban J connectivity index is 1.58. The van der Waals surface area contributed by atoms with Crippen LogP contribution in [0.15, 0.2) is 65.2 Å². The zero-order chi connectivity index (χ0) is 19.2. The Morgan fingerprint density at radius 2 is 1.89 bits per heavy atom. The van der Waals surface area contributed by atoms with Crippen molar-refractivity contribution in [1.82, 2.24) is 10.1 Å². The molecule has 1 atom stereocenters. The topological polar surface area (TPSA) is 75.8 Å². The normalized spacial score (nSPS) is 11.8. The molecule has 6 nitrogen and oxygen atoms in total. The van der Waals surface area contributed by atoms with Gasteiger partial charge in [0.25, 0.3) is 0 Å². The van der Waals surface area contributed by atoms with Gasteiger partial charge in [-0.2, -0.15) is 0 Å². The van der Waals surface area contributed by atoms with Crippen molar-refractivity contribution in [3.8, 4) is 17.1 Å². The van der Waals surface area contributed by atoms with E-state index in [2.05, 4.69) is 5.16 Å². The molecule has 0 aliphatic carbocycles. The third-order valence-electron chi connectivity index (χ3n) is 4.32. The Kier molecular flexibility index (Phi) is 5.88. The molecule has 1 unspecified atom stereocenters. The summed E-state index contributed by atoms with van der Waals surface area (Å²) in [5.41, 5.74) is 2.19. The zero-order valence-electron chi connectivity index (χ0n) is 15.3. The van der Waals surface area contributed by atoms with Crippen molar-refractivity contribution in [2.75, 3.05) is 20.7 Å². The van der Waals surface area contributed by atoms with Gasteiger partial charge in [-0.1, -0.05) is 47.6 Å². The first-order chi connectivity index (χ1) is 13.1. The van der Waals surface area contributed by atoms with Crippen molar-refractivity contribution >= 4 is 5.91 Å². The van der Waals surface area contributed by atoms with E-state index >= 15 is 0 Å². The summed E-state index contributed by atoms with van der Waals surface area (Å²) in [6.45, 7) is 0.189. The molecule has 0 radical (unpaired) electrons. The summed E-state index contributed by atoms with van der Waals surface area (Å²) in [5, 5.41) is 14.3. The van der Waals surface area contributed by atoms with Crippen molar-refractivity contribution in [2.45, 2.75) is 12.5 Å². The number of aliphatic hydroxyl groups excluding tert-OH is 1. The second kappa shape index (κ2) is 8.51. The molecule has 0 aliphatic rings. The van der Waals surface area contributed by atoms with Crippen LogP contribution in [0.5, 0.6) is 5.75 Å². The number of carbonyl (C=O) groups excluding carboxylic acids is 1. The van der Waals surface area contributed by atoms with Crippen LogP contribution in [0.25, 0.3) is 11.3 Å². The van der Waals surface area contributed by atoms with Gasteiger partial charge in [0.1, 0.15) is 5.75 Å². The molecule has 3 rings (SSSR count). The van der Waals surface area contributed by atoms with Gasteiger partial charge >= 0.3 is 0 Å². The summed E-state index contributed by atoms with van der Waals surface area (Å²) >= 11 is 0. The number of amides is 1. The van der Waals surface area contributed by atoms with Crippen molar-refractivity contribution in [2.24, 2.45) is 0 Å². The van der Waals surface area contributed by atoms with E-state index in [1.165, 1.54) is 4.90 Å². The molecule has 1 N–H and O–H groups in total. The van der Waals surface area contributed by atoms with Crippen LogP contribution < -0.4 is 4.74 Å². The van der Waals surface area contributed by atoms with E-state index in [4.69, 9.17) is 9.26 Å². The van der Waals surface area contributed by atoms with E-state index in [-0.39, 0.29) is 18.9 Å². The van der Waals surface area contributed by atoms with E-state index in [1.54, 1.807) is 44.5 Å². The summed E-state index contributed by atoms with van der Waals surface area (Å²) in [4.78, 5) is 13.9. The highest BCUT2D eigenvalue weighted by molar-refractivity contribution is 5.78. The zero-order valence-corrected chi connectivity index (χ0v) is 15.3. The Morgan fingerprint density at radius 1 is 1.19 bits per heavy atom. The molecule has 2 aromatic carbocycles. The molecule has 1 aromatic heterocycles. The number of ether oxygens (including phenoxy) is 1. The van der Waals surface area contributed by atoms with Crippen LogP contribution in [0.4, 0.5) is 0 Å². The van der Waals surface area contributed by atoms with E-state index in [9.17, 15) is 9.90 Å². The molecule has 0 spiro atoms. The lowest BCUT2D eigenvalue weighted by Gasteiger charge is -2.21. The lowest BCUT2D eigenvalue weighted by molar-refractivity contribution is -0.130. The number of likely N-dealkylation sites (N-methyl/N-ethyl adjacent to an activating group) is 1. The molecule has 0 saturated carbocycles. The van der Waals surface area contributed by atoms with Gasteiger partial charge in [0.2, 0.25) is 5.91 Å². The molecule has 1 heterocycles. The molecule has 0 fully saturated rings. The van der Waals surface area contributed by atoms with Crippen LogP contribution in [-0.4, -0.2) is 41.8 Å². The van der Waals surface area contributed by atoms with Crippen molar-refractivity contribution in [3.63, 3.8) is 0 Å². The summed E-state index contributed by atoms with van der Waals surface area (Å²) in [6, 6.07) is 18.5. The molecular formula is C21H22N2O4. The average molecular weight is 366 g/mol. The third-order valence-corrected chi connectivity index (χ3v) is 4.32. The average Bonchev–Trinajstić information content (AvgIpc) is 3.17. The van der Waals surface area contributed by atoms with Gasteiger partial charge in [0, 0.05) is 18.7 Å². The Morgan fingerprint density at radius 3 is 2.56 bits per heavy atom. The van der Waals surface area contributed by atoms with Crippen LogP contribution in [0.1, 0.15) is 17.4 Å². The van der Waals surface area contributed by atoms with Crippen LogP contribution in [0, 0.1) is 0 Å². The molecule has 0 saturated heterocycles. The van der Waals surface area contributed by atoms with Gasteiger partial charge in [-0.25, -0.2) is 0 Å². The van der Waals surface area contributed by atoms with Crippen LogP contribution in [-0.2, 0) is 11.2 Å². The minimum absolute atomic E-state index is 0.113. The summed E-state index contributed by atoms with van der Waals surface area (Å²) in [6.07, 6.45) is -0.663. The van der Waals surface area contributed by atoms with Gasteiger partial charge in [0.05, 0.1) is 31.9 Å². The fourth-order valence-electron chi connectivity index (χ4n) is 2.72. The number of carbonyl (C=O) groups is 1. The maximum Gasteiger partial charge on any atom is 0.228 e. The Labute approximate surface area is 158 Å². The van der Waals surface area contributed by atoms with Crippen LogP contribution >= 0.6 is 0 Å². The quantitative estimate of drug-likeness (QED) is 0.695. The third kappa shape index (κ3) is 4.74. The Bertz CT molecular complexity index is 875. The monoisotopic (exact) mass is 366 g/mol. The Hall–Kier alpha value is -3.12. The van der Waals surface area contributed by atoms with E-state index in [0.29, 0.717) is 11.5 Å². The molecule has 27 heavy (non-hydrogen) atoms. The highest BCUT2D eigenvalue weighted by atomic mass is 16.5. The number of aromatic nitrogens is 1.